The summed E-state index contributed by atoms with van der Waals surface area (Å²) in [7, 11) is -5.92. The molecule has 1 aliphatic rings. The van der Waals surface area contributed by atoms with E-state index in [0.717, 1.165) is 26.4 Å². The lowest BCUT2D eigenvalue weighted by molar-refractivity contribution is -0.142. The van der Waals surface area contributed by atoms with Gasteiger partial charge in [0.1, 0.15) is 0 Å². The summed E-state index contributed by atoms with van der Waals surface area (Å²) in [6.45, 7) is 0. The van der Waals surface area contributed by atoms with E-state index in [9.17, 15) is 31.5 Å². The van der Waals surface area contributed by atoms with E-state index < -0.39 is 53.1 Å². The number of phenols is 1. The third kappa shape index (κ3) is 3.72. The quantitative estimate of drug-likeness (QED) is 0.621. The Labute approximate surface area is 155 Å². The fourth-order valence-corrected chi connectivity index (χ4v) is 8.46. The molecule has 1 saturated heterocycles. The van der Waals surface area contributed by atoms with E-state index in [-0.39, 0.29) is 17.1 Å². The van der Waals surface area contributed by atoms with E-state index in [0.29, 0.717) is 0 Å². The zero-order valence-electron chi connectivity index (χ0n) is 14.6. The van der Waals surface area contributed by atoms with Crippen molar-refractivity contribution in [2.24, 2.45) is 0 Å². The fourth-order valence-electron chi connectivity index (χ4n) is 3.05. The van der Waals surface area contributed by atoms with Gasteiger partial charge in [0, 0.05) is 5.92 Å². The van der Waals surface area contributed by atoms with E-state index in [4.69, 9.17) is 4.74 Å². The lowest BCUT2D eigenvalue weighted by Crippen LogP contribution is -2.55. The van der Waals surface area contributed by atoms with Gasteiger partial charge < -0.3 is 19.3 Å². The molecule has 0 saturated carbocycles. The molecule has 1 heterocycles. The number of phenolic OH excluding ortho intramolecular Hbond substituents is 1. The van der Waals surface area contributed by atoms with E-state index in [1.54, 1.807) is 0 Å². The standard InChI is InChI=1S/C15H18O10S2/c1-23-10-6-8(4-5-9(10)16)11-12(14(17)24-2)26(19,20)7-27(21,22)13(11)15(18)25-3/h4-6,11-13,16H,7H2,1-3H3/t12-,13-/m1/s1. The number of rotatable bonds is 4. The number of carbonyl (C=O) groups is 2. The van der Waals surface area contributed by atoms with Crippen molar-refractivity contribution in [3.05, 3.63) is 23.8 Å². The second-order valence-electron chi connectivity index (χ2n) is 5.79. The second-order valence-corrected chi connectivity index (χ2v) is 10.4. The van der Waals surface area contributed by atoms with Gasteiger partial charge in [0.15, 0.2) is 46.8 Å². The number of ether oxygens (including phenoxy) is 3. The number of carbonyl (C=O) groups excluding carboxylic acids is 2. The number of methoxy groups -OCH3 is 3. The number of esters is 2. The van der Waals surface area contributed by atoms with Gasteiger partial charge in [0.05, 0.1) is 21.3 Å². The summed E-state index contributed by atoms with van der Waals surface area (Å²) >= 11 is 0. The van der Waals surface area contributed by atoms with Gasteiger partial charge in [-0.15, -0.1) is 0 Å². The molecule has 150 valence electrons. The lowest BCUT2D eigenvalue weighted by atomic mass is 9.91. The number of benzene rings is 1. The number of hydrogen-bond acceptors (Lipinski definition) is 10. The molecule has 0 radical (unpaired) electrons. The van der Waals surface area contributed by atoms with Crippen LogP contribution in [0.1, 0.15) is 11.5 Å². The Morgan fingerprint density at radius 1 is 0.963 bits per heavy atom. The Balaban J connectivity index is 2.83. The van der Waals surface area contributed by atoms with E-state index in [1.165, 1.54) is 13.2 Å². The van der Waals surface area contributed by atoms with Crippen LogP contribution >= 0.6 is 0 Å². The van der Waals surface area contributed by atoms with Gasteiger partial charge in [0.2, 0.25) is 0 Å². The smallest absolute Gasteiger partial charge is 0.324 e. The highest BCUT2D eigenvalue weighted by Crippen LogP contribution is 2.41. The summed E-state index contributed by atoms with van der Waals surface area (Å²) in [5, 5.41) is 4.43. The van der Waals surface area contributed by atoms with Crippen molar-refractivity contribution in [2.75, 3.05) is 26.4 Å². The van der Waals surface area contributed by atoms with Crippen molar-refractivity contribution >= 4 is 31.6 Å². The molecule has 2 atom stereocenters. The van der Waals surface area contributed by atoms with E-state index in [2.05, 4.69) is 9.47 Å². The highest BCUT2D eigenvalue weighted by molar-refractivity contribution is 8.10. The predicted molar refractivity (Wildman–Crippen MR) is 91.7 cm³/mol. The Morgan fingerprint density at radius 2 is 1.44 bits per heavy atom. The first kappa shape index (κ1) is 21.0. The molecule has 0 aliphatic carbocycles. The van der Waals surface area contributed by atoms with Crippen LogP contribution in [0.2, 0.25) is 0 Å². The summed E-state index contributed by atoms with van der Waals surface area (Å²) in [5.41, 5.74) is -0.0256. The monoisotopic (exact) mass is 422 g/mol. The third-order valence-electron chi connectivity index (χ3n) is 4.21. The molecule has 0 amide bonds. The van der Waals surface area contributed by atoms with Crippen molar-refractivity contribution in [1.29, 1.82) is 0 Å². The van der Waals surface area contributed by atoms with Crippen molar-refractivity contribution in [3.63, 3.8) is 0 Å². The van der Waals surface area contributed by atoms with Crippen LogP contribution in [0, 0.1) is 0 Å². The summed E-state index contributed by atoms with van der Waals surface area (Å²) in [6, 6.07) is 3.48. The maximum absolute atomic E-state index is 12.5. The van der Waals surface area contributed by atoms with Gasteiger partial charge in [-0.2, -0.15) is 0 Å². The summed E-state index contributed by atoms with van der Waals surface area (Å²) < 4.78 is 64.2. The molecule has 1 aromatic carbocycles. The Hall–Kier alpha value is -2.34. The van der Waals surface area contributed by atoms with E-state index >= 15 is 0 Å². The molecule has 27 heavy (non-hydrogen) atoms. The Kier molecular flexibility index (Phi) is 5.71. The normalized spacial score (nSPS) is 26.0. The van der Waals surface area contributed by atoms with Crippen molar-refractivity contribution in [1.82, 2.24) is 0 Å². The van der Waals surface area contributed by atoms with Gasteiger partial charge in [0.25, 0.3) is 0 Å². The lowest BCUT2D eigenvalue weighted by Gasteiger charge is -2.34. The molecule has 1 fully saturated rings. The minimum Gasteiger partial charge on any atom is -0.504 e. The molecule has 0 unspecified atom stereocenters. The number of aromatic hydroxyl groups is 1. The first-order valence-corrected chi connectivity index (χ1v) is 10.9. The van der Waals surface area contributed by atoms with Crippen LogP contribution < -0.4 is 4.74 Å². The Morgan fingerprint density at radius 3 is 1.85 bits per heavy atom. The second kappa shape index (κ2) is 7.35. The average molecular weight is 422 g/mol. The summed E-state index contributed by atoms with van der Waals surface area (Å²) in [6.07, 6.45) is 0. The van der Waals surface area contributed by atoms with Crippen LogP contribution in [0.5, 0.6) is 11.5 Å². The van der Waals surface area contributed by atoms with Crippen LogP contribution in [0.25, 0.3) is 0 Å². The molecule has 1 aromatic rings. The molecule has 10 nitrogen and oxygen atoms in total. The fraction of sp³-hybridized carbons (Fsp3) is 0.467. The predicted octanol–water partition coefficient (Wildman–Crippen LogP) is -0.632. The molecule has 1 aliphatic heterocycles. The average Bonchev–Trinajstić information content (AvgIpc) is 2.58. The van der Waals surface area contributed by atoms with Gasteiger partial charge in [-0.1, -0.05) is 6.07 Å². The first-order chi connectivity index (χ1) is 12.5. The molecule has 1 N–H and O–H groups in total. The van der Waals surface area contributed by atoms with Gasteiger partial charge in [-0.05, 0) is 17.7 Å². The third-order valence-corrected chi connectivity index (χ3v) is 9.36. The molecular formula is C15H18O10S2. The Bertz CT molecular complexity index is 912. The molecule has 2 rings (SSSR count). The summed E-state index contributed by atoms with van der Waals surface area (Å²) in [4.78, 5) is 24.5. The molecular weight excluding hydrogens is 404 g/mol. The minimum atomic E-state index is -4.52. The molecule has 0 bridgehead atoms. The van der Waals surface area contributed by atoms with Gasteiger partial charge >= 0.3 is 11.9 Å². The molecule has 0 spiro atoms. The molecule has 0 aromatic heterocycles. The van der Waals surface area contributed by atoms with Crippen molar-refractivity contribution in [2.45, 2.75) is 16.4 Å². The van der Waals surface area contributed by atoms with Crippen LogP contribution in [0.3, 0.4) is 0 Å². The van der Waals surface area contributed by atoms with Crippen LogP contribution in [-0.4, -0.2) is 70.8 Å². The van der Waals surface area contributed by atoms with Crippen LogP contribution in [0.4, 0.5) is 0 Å². The summed E-state index contributed by atoms with van der Waals surface area (Å²) in [5.74, 6) is -4.47. The van der Waals surface area contributed by atoms with Crippen molar-refractivity contribution < 1.29 is 45.7 Å². The minimum absolute atomic E-state index is 0.0256. The van der Waals surface area contributed by atoms with E-state index in [1.807, 2.05) is 0 Å². The maximum Gasteiger partial charge on any atom is 0.324 e. The largest absolute Gasteiger partial charge is 0.504 e. The van der Waals surface area contributed by atoms with Gasteiger partial charge in [-0.3, -0.25) is 9.59 Å². The number of hydrogen-bond donors (Lipinski definition) is 1. The molecule has 12 heteroatoms. The van der Waals surface area contributed by atoms with Crippen LogP contribution in [-0.2, 0) is 38.7 Å². The zero-order chi connectivity index (χ0) is 20.6. The first-order valence-electron chi connectivity index (χ1n) is 7.46. The van der Waals surface area contributed by atoms with Crippen molar-refractivity contribution in [3.8, 4) is 11.5 Å². The van der Waals surface area contributed by atoms with Crippen LogP contribution in [0.15, 0.2) is 18.2 Å². The van der Waals surface area contributed by atoms with Gasteiger partial charge in [-0.25, -0.2) is 16.8 Å². The highest BCUT2D eigenvalue weighted by Gasteiger charge is 2.58. The highest BCUT2D eigenvalue weighted by atomic mass is 32.3. The topological polar surface area (TPSA) is 150 Å². The zero-order valence-corrected chi connectivity index (χ0v) is 16.2. The SMILES string of the molecule is COC(=O)[C@H]1C(c2ccc(O)c(OC)c2)[C@H](C(=O)OC)S(=O)(=O)CS1(=O)=O. The number of sulfone groups is 2. The maximum atomic E-state index is 12.5.